The van der Waals surface area contributed by atoms with E-state index in [1.807, 2.05) is 20.8 Å². The first-order valence-corrected chi connectivity index (χ1v) is 7.28. The zero-order chi connectivity index (χ0) is 16.8. The lowest BCUT2D eigenvalue weighted by Gasteiger charge is -2.15. The lowest BCUT2D eigenvalue weighted by atomic mass is 10.1. The molecule has 1 aromatic rings. The molecule has 0 heterocycles. The molecule has 3 nitrogen and oxygen atoms in total. The van der Waals surface area contributed by atoms with E-state index in [9.17, 15) is 0 Å². The fraction of sp³-hybridized carbons (Fsp3) is 0.368. The number of nitrogens with two attached hydrogens (primary N) is 1. The zero-order valence-electron chi connectivity index (χ0n) is 14.2. The molecule has 0 fully saturated rings. The van der Waals surface area contributed by atoms with Crippen LogP contribution in [-0.2, 0) is 11.3 Å². The van der Waals surface area contributed by atoms with Crippen molar-refractivity contribution in [2.75, 3.05) is 7.11 Å². The van der Waals surface area contributed by atoms with Crippen molar-refractivity contribution in [1.29, 1.82) is 0 Å². The normalized spacial score (nSPS) is 12.0. The van der Waals surface area contributed by atoms with Crippen LogP contribution in [0.4, 0.5) is 0 Å². The van der Waals surface area contributed by atoms with Crippen LogP contribution in [0.1, 0.15) is 31.9 Å². The second-order valence-corrected chi connectivity index (χ2v) is 5.83. The van der Waals surface area contributed by atoms with Crippen LogP contribution in [0, 0.1) is 18.8 Å². The highest BCUT2D eigenvalue weighted by molar-refractivity contribution is 5.41. The third-order valence-corrected chi connectivity index (χ3v) is 3.35. The zero-order valence-corrected chi connectivity index (χ0v) is 14.2. The van der Waals surface area contributed by atoms with Crippen LogP contribution in [-0.4, -0.2) is 12.7 Å². The molecule has 3 heteroatoms. The van der Waals surface area contributed by atoms with E-state index in [-0.39, 0.29) is 0 Å². The van der Waals surface area contributed by atoms with Gasteiger partial charge in [-0.3, -0.25) is 0 Å². The number of nitrogens with one attached hydrogen (secondary N) is 1. The third-order valence-electron chi connectivity index (χ3n) is 3.35. The summed E-state index contributed by atoms with van der Waals surface area (Å²) in [5.74, 6) is 6.18. The molecule has 0 bridgehead atoms. The Bertz CT molecular complexity index is 613. The first-order chi connectivity index (χ1) is 10.2. The maximum Gasteiger partial charge on any atom is 0.123 e. The van der Waals surface area contributed by atoms with Crippen molar-refractivity contribution in [3.8, 4) is 11.8 Å². The average molecular weight is 298 g/mol. The van der Waals surface area contributed by atoms with E-state index in [2.05, 4.69) is 54.9 Å². The highest BCUT2D eigenvalue weighted by Gasteiger charge is 2.11. The van der Waals surface area contributed by atoms with Gasteiger partial charge in [-0.15, -0.1) is 0 Å². The van der Waals surface area contributed by atoms with E-state index < -0.39 is 5.60 Å². The molecule has 0 aromatic heterocycles. The second kappa shape index (κ2) is 7.72. The molecule has 1 rings (SSSR count). The number of methoxy groups -OCH3 is 1. The molecular weight excluding hydrogens is 272 g/mol. The van der Waals surface area contributed by atoms with Crippen molar-refractivity contribution in [2.24, 2.45) is 5.73 Å². The van der Waals surface area contributed by atoms with E-state index >= 15 is 0 Å². The fourth-order valence-electron chi connectivity index (χ4n) is 1.74. The highest BCUT2D eigenvalue weighted by atomic mass is 16.5. The minimum atomic E-state index is -0.487. The predicted molar refractivity (Wildman–Crippen MR) is 92.9 cm³/mol. The van der Waals surface area contributed by atoms with Gasteiger partial charge in [-0.1, -0.05) is 48.2 Å². The Balaban J connectivity index is 2.90. The van der Waals surface area contributed by atoms with Gasteiger partial charge in [0.15, 0.2) is 0 Å². The van der Waals surface area contributed by atoms with Crippen molar-refractivity contribution in [2.45, 2.75) is 39.8 Å². The van der Waals surface area contributed by atoms with Gasteiger partial charge in [-0.2, -0.15) is 0 Å². The van der Waals surface area contributed by atoms with E-state index in [1.165, 1.54) is 11.1 Å². The molecule has 0 aliphatic carbocycles. The molecule has 0 saturated heterocycles. The first-order valence-electron chi connectivity index (χ1n) is 7.28. The summed E-state index contributed by atoms with van der Waals surface area (Å²) in [6, 6.07) is 8.36. The molecule has 118 valence electrons. The van der Waals surface area contributed by atoms with Crippen molar-refractivity contribution < 1.29 is 4.74 Å². The summed E-state index contributed by atoms with van der Waals surface area (Å²) >= 11 is 0. The van der Waals surface area contributed by atoms with Crippen LogP contribution in [0.15, 0.2) is 47.8 Å². The van der Waals surface area contributed by atoms with Gasteiger partial charge in [0, 0.05) is 24.9 Å². The molecule has 22 heavy (non-hydrogen) atoms. The standard InChI is InChI=1S/C19H26N2O/c1-14-7-9-17(10-8-14)13-21-18(16(3)20)15(2)11-12-19(4,5)22-6/h7-10,21H,3,13,20H2,1-2,4-6H3/b18-15+. The molecule has 0 amide bonds. The Kier molecular flexibility index (Phi) is 6.27. The van der Waals surface area contributed by atoms with Gasteiger partial charge in [-0.05, 0) is 33.3 Å². The quantitative estimate of drug-likeness (QED) is 0.648. The van der Waals surface area contributed by atoms with Crippen LogP contribution in [0.5, 0.6) is 0 Å². The minimum Gasteiger partial charge on any atom is -0.398 e. The Hall–Kier alpha value is -2.18. The van der Waals surface area contributed by atoms with Gasteiger partial charge in [0.05, 0.1) is 5.70 Å². The average Bonchev–Trinajstić information content (AvgIpc) is 2.47. The van der Waals surface area contributed by atoms with Crippen LogP contribution in [0.2, 0.25) is 0 Å². The van der Waals surface area contributed by atoms with Crippen LogP contribution in [0.3, 0.4) is 0 Å². The number of benzene rings is 1. The summed E-state index contributed by atoms with van der Waals surface area (Å²) in [4.78, 5) is 0. The first kappa shape index (κ1) is 17.9. The van der Waals surface area contributed by atoms with Gasteiger partial charge in [0.25, 0.3) is 0 Å². The fourth-order valence-corrected chi connectivity index (χ4v) is 1.74. The maximum atomic E-state index is 5.88. The van der Waals surface area contributed by atoms with Crippen LogP contribution >= 0.6 is 0 Å². The Morgan fingerprint density at radius 2 is 1.91 bits per heavy atom. The van der Waals surface area contributed by atoms with Crippen molar-refractivity contribution in [3.05, 3.63) is 58.9 Å². The smallest absolute Gasteiger partial charge is 0.123 e. The summed E-state index contributed by atoms with van der Waals surface area (Å²) < 4.78 is 5.30. The number of aryl methyl sites for hydroxylation is 1. The molecule has 0 aliphatic rings. The molecule has 1 aromatic carbocycles. The summed E-state index contributed by atoms with van der Waals surface area (Å²) in [5, 5.41) is 3.32. The van der Waals surface area contributed by atoms with Crippen molar-refractivity contribution in [1.82, 2.24) is 5.32 Å². The van der Waals surface area contributed by atoms with Crippen molar-refractivity contribution >= 4 is 0 Å². The molecule has 0 aliphatic heterocycles. The van der Waals surface area contributed by atoms with Gasteiger partial charge in [0.2, 0.25) is 0 Å². The van der Waals surface area contributed by atoms with E-state index in [0.717, 1.165) is 11.3 Å². The Morgan fingerprint density at radius 3 is 2.41 bits per heavy atom. The molecule has 0 saturated carbocycles. The van der Waals surface area contributed by atoms with E-state index in [0.29, 0.717) is 12.2 Å². The lowest BCUT2D eigenvalue weighted by Crippen LogP contribution is -2.21. The van der Waals surface area contributed by atoms with Crippen LogP contribution < -0.4 is 11.1 Å². The second-order valence-electron chi connectivity index (χ2n) is 5.83. The number of hydrogen-bond acceptors (Lipinski definition) is 3. The van der Waals surface area contributed by atoms with Gasteiger partial charge < -0.3 is 15.8 Å². The topological polar surface area (TPSA) is 47.3 Å². The molecule has 0 radical (unpaired) electrons. The number of ether oxygens (including phenoxy) is 1. The van der Waals surface area contributed by atoms with Gasteiger partial charge in [0.1, 0.15) is 5.60 Å². The summed E-state index contributed by atoms with van der Waals surface area (Å²) in [6.45, 7) is 12.3. The third kappa shape index (κ3) is 5.67. The molecule has 0 spiro atoms. The van der Waals surface area contributed by atoms with Crippen molar-refractivity contribution in [3.63, 3.8) is 0 Å². The number of rotatable bonds is 5. The highest BCUT2D eigenvalue weighted by Crippen LogP contribution is 2.10. The predicted octanol–water partition coefficient (Wildman–Crippen LogP) is 3.26. The summed E-state index contributed by atoms with van der Waals surface area (Å²) in [6.07, 6.45) is 0. The van der Waals surface area contributed by atoms with Crippen LogP contribution in [0.25, 0.3) is 0 Å². The van der Waals surface area contributed by atoms with Gasteiger partial charge in [-0.25, -0.2) is 0 Å². The van der Waals surface area contributed by atoms with E-state index in [1.54, 1.807) is 7.11 Å². The molecule has 3 N–H and O–H groups in total. The number of hydrogen-bond donors (Lipinski definition) is 2. The SMILES string of the molecule is C=C(N)/C(NCc1ccc(C)cc1)=C(/C)C#CC(C)(C)OC. The summed E-state index contributed by atoms with van der Waals surface area (Å²) in [5.41, 5.74) is 9.93. The number of allylic oxidation sites excluding steroid dienone is 1. The minimum absolute atomic E-state index is 0.481. The molecule has 0 unspecified atom stereocenters. The monoisotopic (exact) mass is 298 g/mol. The maximum absolute atomic E-state index is 5.88. The Morgan fingerprint density at radius 1 is 1.32 bits per heavy atom. The molecular formula is C19H26N2O. The lowest BCUT2D eigenvalue weighted by molar-refractivity contribution is 0.0741. The largest absolute Gasteiger partial charge is 0.398 e. The summed E-state index contributed by atoms with van der Waals surface area (Å²) in [7, 11) is 1.64. The van der Waals surface area contributed by atoms with Gasteiger partial charge >= 0.3 is 0 Å². The van der Waals surface area contributed by atoms with E-state index in [4.69, 9.17) is 10.5 Å². The Labute approximate surface area is 134 Å². The molecule has 0 atom stereocenters.